The summed E-state index contributed by atoms with van der Waals surface area (Å²) in [5.74, 6) is -0.704. The first kappa shape index (κ1) is 16.8. The molecule has 0 spiro atoms. The van der Waals surface area contributed by atoms with E-state index in [9.17, 15) is 4.79 Å². The lowest BCUT2D eigenvalue weighted by Crippen LogP contribution is -2.11. The van der Waals surface area contributed by atoms with E-state index >= 15 is 0 Å². The predicted molar refractivity (Wildman–Crippen MR) is 87.5 cm³/mol. The van der Waals surface area contributed by atoms with Gasteiger partial charge in [-0.2, -0.15) is 5.26 Å². The average molecular weight is 331 g/mol. The molecular formula is C17H15ClN2O3. The molecule has 0 saturated carbocycles. The van der Waals surface area contributed by atoms with Crippen LogP contribution in [0.1, 0.15) is 11.1 Å². The maximum Gasteiger partial charge on any atom is 0.341 e. The van der Waals surface area contributed by atoms with Crippen molar-refractivity contribution in [3.05, 3.63) is 52.5 Å². The molecule has 2 rings (SSSR count). The molecule has 0 aliphatic heterocycles. The average Bonchev–Trinajstić information content (AvgIpc) is 2.55. The second kappa shape index (κ2) is 7.63. The van der Waals surface area contributed by atoms with Gasteiger partial charge in [-0.3, -0.25) is 0 Å². The Labute approximate surface area is 139 Å². The van der Waals surface area contributed by atoms with E-state index in [1.807, 2.05) is 12.1 Å². The molecule has 0 fully saturated rings. The van der Waals surface area contributed by atoms with Crippen LogP contribution in [0.15, 0.2) is 36.4 Å². The first-order valence-corrected chi connectivity index (χ1v) is 7.25. The maximum atomic E-state index is 10.8. The van der Waals surface area contributed by atoms with Crippen molar-refractivity contribution in [2.24, 2.45) is 0 Å². The van der Waals surface area contributed by atoms with Crippen LogP contribution in [0.25, 0.3) is 11.1 Å². The summed E-state index contributed by atoms with van der Waals surface area (Å²) in [7, 11) is 1.81. The second-order valence-corrected chi connectivity index (χ2v) is 5.25. The molecule has 23 heavy (non-hydrogen) atoms. The van der Waals surface area contributed by atoms with Crippen LogP contribution < -0.4 is 10.1 Å². The molecule has 2 aromatic carbocycles. The largest absolute Gasteiger partial charge is 0.481 e. The van der Waals surface area contributed by atoms with Crippen molar-refractivity contribution in [2.75, 3.05) is 13.7 Å². The van der Waals surface area contributed by atoms with E-state index in [0.717, 1.165) is 11.1 Å². The van der Waals surface area contributed by atoms with E-state index < -0.39 is 12.6 Å². The molecule has 5 nitrogen and oxygen atoms in total. The summed E-state index contributed by atoms with van der Waals surface area (Å²) < 4.78 is 5.35. The summed E-state index contributed by atoms with van der Waals surface area (Å²) in [5.41, 5.74) is 2.82. The van der Waals surface area contributed by atoms with Gasteiger partial charge in [0.1, 0.15) is 5.75 Å². The Morgan fingerprint density at radius 3 is 2.83 bits per heavy atom. The summed E-state index contributed by atoms with van der Waals surface area (Å²) in [6.45, 7) is 0.0929. The van der Waals surface area contributed by atoms with Gasteiger partial charge in [-0.25, -0.2) is 4.79 Å². The van der Waals surface area contributed by atoms with E-state index in [1.165, 1.54) is 0 Å². The number of hydrogen-bond donors (Lipinski definition) is 2. The van der Waals surface area contributed by atoms with Gasteiger partial charge in [-0.05, 0) is 42.4 Å². The molecule has 2 aromatic rings. The van der Waals surface area contributed by atoms with Gasteiger partial charge in [-0.15, -0.1) is 0 Å². The zero-order valence-electron chi connectivity index (χ0n) is 12.5. The first-order valence-electron chi connectivity index (χ1n) is 6.87. The Hall–Kier alpha value is -2.55. The van der Waals surface area contributed by atoms with Gasteiger partial charge < -0.3 is 15.2 Å². The molecule has 0 bridgehead atoms. The highest BCUT2D eigenvalue weighted by molar-refractivity contribution is 6.31. The monoisotopic (exact) mass is 330 g/mol. The number of nitrogens with zero attached hydrogens (tertiary/aromatic N) is 1. The predicted octanol–water partition coefficient (Wildman–Crippen LogP) is 3.06. The first-order chi connectivity index (χ1) is 11.0. The Kier molecular flexibility index (Phi) is 5.58. The van der Waals surface area contributed by atoms with Gasteiger partial charge in [-0.1, -0.05) is 23.7 Å². The molecule has 2 N–H and O–H groups in total. The van der Waals surface area contributed by atoms with Crippen LogP contribution in [0.3, 0.4) is 0 Å². The second-order valence-electron chi connectivity index (χ2n) is 4.85. The van der Waals surface area contributed by atoms with Crippen molar-refractivity contribution in [1.82, 2.24) is 5.32 Å². The molecule has 118 valence electrons. The lowest BCUT2D eigenvalue weighted by molar-refractivity contribution is -0.139. The maximum absolute atomic E-state index is 10.8. The fourth-order valence-electron chi connectivity index (χ4n) is 2.17. The minimum atomic E-state index is -1.07. The quantitative estimate of drug-likeness (QED) is 0.850. The highest BCUT2D eigenvalue weighted by Gasteiger charge is 2.13. The van der Waals surface area contributed by atoms with Crippen molar-refractivity contribution >= 4 is 17.6 Å². The Morgan fingerprint density at radius 2 is 2.17 bits per heavy atom. The summed E-state index contributed by atoms with van der Waals surface area (Å²) in [6, 6.07) is 12.5. The molecule has 6 heteroatoms. The number of ether oxygens (including phenoxy) is 1. The molecule has 0 aliphatic rings. The standard InChI is InChI=1S/C17H15ClN2O3/c1-20-9-13-6-14(12-4-2-3-11(5-12)8-19)16(7-15(13)18)23-10-17(21)22/h2-7,20H,9-10H2,1H3,(H,21,22). The van der Waals surface area contributed by atoms with E-state index in [1.54, 1.807) is 31.3 Å². The molecule has 0 aromatic heterocycles. The molecule has 0 unspecified atom stereocenters. The van der Waals surface area contributed by atoms with E-state index in [0.29, 0.717) is 28.4 Å². The van der Waals surface area contributed by atoms with Crippen molar-refractivity contribution < 1.29 is 14.6 Å². The number of carboxylic acid groups (broad SMARTS) is 1. The highest BCUT2D eigenvalue weighted by Crippen LogP contribution is 2.35. The van der Waals surface area contributed by atoms with E-state index in [4.69, 9.17) is 26.7 Å². The van der Waals surface area contributed by atoms with Crippen molar-refractivity contribution in [2.45, 2.75) is 6.54 Å². The van der Waals surface area contributed by atoms with Gasteiger partial charge in [0.2, 0.25) is 0 Å². The Balaban J connectivity index is 2.54. The number of hydrogen-bond acceptors (Lipinski definition) is 4. The van der Waals surface area contributed by atoms with Gasteiger partial charge in [0.05, 0.1) is 11.6 Å². The smallest absolute Gasteiger partial charge is 0.341 e. The summed E-state index contributed by atoms with van der Waals surface area (Å²) >= 11 is 6.22. The van der Waals surface area contributed by atoms with Gasteiger partial charge in [0.15, 0.2) is 6.61 Å². The number of benzene rings is 2. The number of rotatable bonds is 6. The third-order valence-corrected chi connectivity index (χ3v) is 3.52. The van der Waals surface area contributed by atoms with Gasteiger partial charge in [0.25, 0.3) is 0 Å². The van der Waals surface area contributed by atoms with Crippen molar-refractivity contribution in [1.29, 1.82) is 5.26 Å². The lowest BCUT2D eigenvalue weighted by atomic mass is 10.00. The number of nitriles is 1. The van der Waals surface area contributed by atoms with Crippen LogP contribution in [-0.4, -0.2) is 24.7 Å². The third-order valence-electron chi connectivity index (χ3n) is 3.17. The topological polar surface area (TPSA) is 82.3 Å². The van der Waals surface area contributed by atoms with Crippen LogP contribution in [0.2, 0.25) is 5.02 Å². The summed E-state index contributed by atoms with van der Waals surface area (Å²) in [6.07, 6.45) is 0. The van der Waals surface area contributed by atoms with Crippen LogP contribution in [0.5, 0.6) is 5.75 Å². The molecule has 0 atom stereocenters. The lowest BCUT2D eigenvalue weighted by Gasteiger charge is -2.14. The van der Waals surface area contributed by atoms with E-state index in [-0.39, 0.29) is 0 Å². The number of nitrogens with one attached hydrogen (secondary N) is 1. The van der Waals surface area contributed by atoms with Gasteiger partial charge >= 0.3 is 5.97 Å². The number of carboxylic acids is 1. The molecule has 0 heterocycles. The SMILES string of the molecule is CNCc1cc(-c2cccc(C#N)c2)c(OCC(=O)O)cc1Cl. The third kappa shape index (κ3) is 4.22. The minimum Gasteiger partial charge on any atom is -0.481 e. The minimum absolute atomic E-state index is 0.368. The van der Waals surface area contributed by atoms with Crippen LogP contribution >= 0.6 is 11.6 Å². The summed E-state index contributed by atoms with van der Waals surface area (Å²) in [5, 5.41) is 21.4. The summed E-state index contributed by atoms with van der Waals surface area (Å²) in [4.78, 5) is 10.8. The molecule has 0 aliphatic carbocycles. The zero-order chi connectivity index (χ0) is 16.8. The number of aliphatic carboxylic acids is 1. The van der Waals surface area contributed by atoms with Crippen molar-refractivity contribution in [3.63, 3.8) is 0 Å². The molecule has 0 amide bonds. The highest BCUT2D eigenvalue weighted by atomic mass is 35.5. The normalized spacial score (nSPS) is 10.1. The van der Waals surface area contributed by atoms with Gasteiger partial charge in [0, 0.05) is 17.1 Å². The zero-order valence-corrected chi connectivity index (χ0v) is 13.2. The van der Waals surface area contributed by atoms with Crippen LogP contribution in [0, 0.1) is 11.3 Å². The fourth-order valence-corrected chi connectivity index (χ4v) is 2.39. The number of halogens is 1. The van der Waals surface area contributed by atoms with Crippen LogP contribution in [-0.2, 0) is 11.3 Å². The number of carbonyl (C=O) groups is 1. The molecule has 0 radical (unpaired) electrons. The van der Waals surface area contributed by atoms with E-state index in [2.05, 4.69) is 11.4 Å². The molecule has 0 saturated heterocycles. The van der Waals surface area contributed by atoms with Crippen LogP contribution in [0.4, 0.5) is 0 Å². The molecular weight excluding hydrogens is 316 g/mol. The fraction of sp³-hybridized carbons (Fsp3) is 0.176. The Morgan fingerprint density at radius 1 is 1.39 bits per heavy atom. The van der Waals surface area contributed by atoms with Crippen molar-refractivity contribution in [3.8, 4) is 22.9 Å². The Bertz CT molecular complexity index is 769.